The molecule has 0 radical (unpaired) electrons. The Bertz CT molecular complexity index is 1810. The molecule has 1 atom stereocenters. The van der Waals surface area contributed by atoms with Crippen molar-refractivity contribution in [1.29, 1.82) is 0 Å². The van der Waals surface area contributed by atoms with Crippen LogP contribution in [0.2, 0.25) is 0 Å². The van der Waals surface area contributed by atoms with Crippen LogP contribution >= 0.6 is 11.3 Å². The standard InChI is InChI=1S/C35H36N2O7S/c1-5-7-8-13-42-24-11-9-22(18-26(24)41-6-2)31-29(32(38)23-10-12-25-27(19-23)44-15-14-43-25)33(39)34(40)37(31)35-36-30-21(4)16-20(3)17-28(30)45-35/h9-12,16-19,31,38H,5-8,13-15H2,1-4H3/t31-/m1/s1. The maximum atomic E-state index is 13.9. The summed E-state index contributed by atoms with van der Waals surface area (Å²) >= 11 is 1.33. The van der Waals surface area contributed by atoms with Crippen LogP contribution in [0.1, 0.15) is 61.4 Å². The lowest BCUT2D eigenvalue weighted by atomic mass is 9.95. The Balaban J connectivity index is 1.50. The number of aliphatic hydroxyl groups excluding tert-OH is 1. The average molecular weight is 629 g/mol. The summed E-state index contributed by atoms with van der Waals surface area (Å²) in [6.07, 6.45) is 3.04. The molecule has 0 unspecified atom stereocenters. The number of carbonyl (C=O) groups excluding carboxylic acids is 2. The van der Waals surface area contributed by atoms with Gasteiger partial charge in [-0.3, -0.25) is 14.5 Å². The zero-order valence-corrected chi connectivity index (χ0v) is 26.7. The fourth-order valence-electron chi connectivity index (χ4n) is 5.77. The van der Waals surface area contributed by atoms with E-state index in [1.807, 2.05) is 32.9 Å². The zero-order valence-electron chi connectivity index (χ0n) is 25.8. The summed E-state index contributed by atoms with van der Waals surface area (Å²) in [5.74, 6) is 0.174. The van der Waals surface area contributed by atoms with E-state index in [1.54, 1.807) is 36.4 Å². The molecule has 1 aromatic heterocycles. The van der Waals surface area contributed by atoms with Crippen LogP contribution < -0.4 is 23.8 Å². The normalized spacial score (nSPS) is 17.2. The Morgan fingerprint density at radius 2 is 1.78 bits per heavy atom. The number of carbonyl (C=O) groups is 2. The largest absolute Gasteiger partial charge is 0.507 e. The van der Waals surface area contributed by atoms with Crippen molar-refractivity contribution in [2.24, 2.45) is 0 Å². The van der Waals surface area contributed by atoms with Gasteiger partial charge in [-0.1, -0.05) is 43.2 Å². The molecular weight excluding hydrogens is 592 g/mol. The van der Waals surface area contributed by atoms with Gasteiger partial charge in [-0.2, -0.15) is 0 Å². The Kier molecular flexibility index (Phi) is 8.67. The van der Waals surface area contributed by atoms with Crippen molar-refractivity contribution < 1.29 is 33.6 Å². The molecule has 0 bridgehead atoms. The predicted molar refractivity (Wildman–Crippen MR) is 174 cm³/mol. The number of aryl methyl sites for hydroxylation is 2. The van der Waals surface area contributed by atoms with E-state index in [0.29, 0.717) is 65.7 Å². The Hall–Kier alpha value is -4.57. The summed E-state index contributed by atoms with van der Waals surface area (Å²) in [4.78, 5) is 33.9. The number of anilines is 1. The average Bonchev–Trinajstić information content (AvgIpc) is 3.57. The summed E-state index contributed by atoms with van der Waals surface area (Å²) in [5.41, 5.74) is 3.66. The van der Waals surface area contributed by atoms with Gasteiger partial charge >= 0.3 is 5.91 Å². The topological polar surface area (TPSA) is 107 Å². The highest BCUT2D eigenvalue weighted by Crippen LogP contribution is 2.47. The molecule has 4 aromatic rings. The lowest BCUT2D eigenvalue weighted by Crippen LogP contribution is -2.29. The van der Waals surface area contributed by atoms with Gasteiger partial charge in [0.1, 0.15) is 19.0 Å². The first-order valence-electron chi connectivity index (χ1n) is 15.3. The van der Waals surface area contributed by atoms with Crippen molar-refractivity contribution in [3.05, 3.63) is 76.4 Å². The number of thiazole rings is 1. The molecule has 10 heteroatoms. The van der Waals surface area contributed by atoms with Gasteiger partial charge in [0.2, 0.25) is 0 Å². The van der Waals surface area contributed by atoms with E-state index >= 15 is 0 Å². The fourth-order valence-corrected chi connectivity index (χ4v) is 6.94. The molecule has 1 saturated heterocycles. The summed E-state index contributed by atoms with van der Waals surface area (Å²) in [7, 11) is 0. The van der Waals surface area contributed by atoms with Crippen LogP contribution in [-0.2, 0) is 9.59 Å². The molecule has 2 aliphatic heterocycles. The van der Waals surface area contributed by atoms with E-state index in [9.17, 15) is 14.7 Å². The maximum Gasteiger partial charge on any atom is 0.301 e. The number of benzene rings is 3. The van der Waals surface area contributed by atoms with Gasteiger partial charge in [-0.15, -0.1) is 0 Å². The molecule has 2 aliphatic rings. The van der Waals surface area contributed by atoms with Crippen LogP contribution in [0, 0.1) is 13.8 Å². The third-order valence-corrected chi connectivity index (χ3v) is 8.88. The highest BCUT2D eigenvalue weighted by molar-refractivity contribution is 7.22. The second-order valence-electron chi connectivity index (χ2n) is 11.1. The molecule has 0 spiro atoms. The van der Waals surface area contributed by atoms with Gasteiger partial charge in [0.25, 0.3) is 5.78 Å². The summed E-state index contributed by atoms with van der Waals surface area (Å²) in [6.45, 7) is 9.72. The molecular formula is C35H36N2O7S. The Labute approximate surface area is 266 Å². The molecule has 234 valence electrons. The third-order valence-electron chi connectivity index (χ3n) is 7.87. The number of ketones is 1. The van der Waals surface area contributed by atoms with Crippen molar-refractivity contribution in [2.75, 3.05) is 31.3 Å². The number of aliphatic hydroxyl groups is 1. The minimum Gasteiger partial charge on any atom is -0.507 e. The van der Waals surface area contributed by atoms with E-state index in [2.05, 4.69) is 6.92 Å². The predicted octanol–water partition coefficient (Wildman–Crippen LogP) is 7.28. The summed E-state index contributed by atoms with van der Waals surface area (Å²) in [6, 6.07) is 13.4. The van der Waals surface area contributed by atoms with Crippen molar-refractivity contribution in [3.8, 4) is 23.0 Å². The van der Waals surface area contributed by atoms with E-state index in [1.165, 1.54) is 16.2 Å². The van der Waals surface area contributed by atoms with E-state index in [0.717, 1.165) is 40.6 Å². The number of amides is 1. The van der Waals surface area contributed by atoms with E-state index < -0.39 is 17.7 Å². The van der Waals surface area contributed by atoms with E-state index in [4.69, 9.17) is 23.9 Å². The SMILES string of the molecule is CCCCCOc1ccc([C@@H]2C(=C(O)c3ccc4c(c3)OCCO4)C(=O)C(=O)N2c2nc3c(C)cc(C)cc3s2)cc1OCC. The van der Waals surface area contributed by atoms with Gasteiger partial charge in [-0.25, -0.2) is 4.98 Å². The van der Waals surface area contributed by atoms with Crippen molar-refractivity contribution >= 4 is 44.1 Å². The number of rotatable bonds is 10. The molecule has 0 saturated carbocycles. The molecule has 6 rings (SSSR count). The van der Waals surface area contributed by atoms with Crippen LogP contribution in [-0.4, -0.2) is 48.2 Å². The lowest BCUT2D eigenvalue weighted by molar-refractivity contribution is -0.132. The van der Waals surface area contributed by atoms with Crippen LogP contribution in [0.3, 0.4) is 0 Å². The molecule has 1 fully saturated rings. The van der Waals surface area contributed by atoms with Crippen molar-refractivity contribution in [1.82, 2.24) is 4.98 Å². The minimum atomic E-state index is -0.978. The number of aromatic nitrogens is 1. The Morgan fingerprint density at radius 3 is 2.56 bits per heavy atom. The first-order valence-corrected chi connectivity index (χ1v) is 16.1. The van der Waals surface area contributed by atoms with Crippen LogP contribution in [0.15, 0.2) is 54.1 Å². The van der Waals surface area contributed by atoms with Crippen molar-refractivity contribution in [3.63, 3.8) is 0 Å². The molecule has 9 nitrogen and oxygen atoms in total. The number of ether oxygens (including phenoxy) is 4. The summed E-state index contributed by atoms with van der Waals surface area (Å²) < 4.78 is 24.3. The molecule has 3 heterocycles. The molecule has 1 N–H and O–H groups in total. The molecule has 3 aromatic carbocycles. The van der Waals surface area contributed by atoms with Gasteiger partial charge in [0.05, 0.1) is 35.0 Å². The number of hydrogen-bond acceptors (Lipinski definition) is 9. The lowest BCUT2D eigenvalue weighted by Gasteiger charge is -2.24. The molecule has 1 amide bonds. The number of fused-ring (bicyclic) bond motifs is 2. The number of unbranched alkanes of at least 4 members (excludes halogenated alkanes) is 2. The third kappa shape index (κ3) is 5.82. The van der Waals surface area contributed by atoms with Gasteiger partial charge in [-0.05, 0) is 80.3 Å². The summed E-state index contributed by atoms with van der Waals surface area (Å²) in [5, 5.41) is 12.1. The first kappa shape index (κ1) is 30.5. The van der Waals surface area contributed by atoms with Gasteiger partial charge in [0.15, 0.2) is 28.1 Å². The number of nitrogens with zero attached hydrogens (tertiary/aromatic N) is 2. The zero-order chi connectivity index (χ0) is 31.7. The molecule has 0 aliphatic carbocycles. The highest BCUT2D eigenvalue weighted by Gasteiger charge is 2.48. The quantitative estimate of drug-likeness (QED) is 0.0845. The van der Waals surface area contributed by atoms with Crippen LogP contribution in [0.5, 0.6) is 23.0 Å². The second kappa shape index (κ2) is 12.8. The fraction of sp³-hybridized carbons (Fsp3) is 0.343. The van der Waals surface area contributed by atoms with Gasteiger partial charge < -0.3 is 24.1 Å². The smallest absolute Gasteiger partial charge is 0.301 e. The van der Waals surface area contributed by atoms with Gasteiger partial charge in [0, 0.05) is 5.56 Å². The molecule has 45 heavy (non-hydrogen) atoms. The monoisotopic (exact) mass is 628 g/mol. The van der Waals surface area contributed by atoms with Crippen LogP contribution in [0.25, 0.3) is 16.0 Å². The maximum absolute atomic E-state index is 13.9. The minimum absolute atomic E-state index is 0.0529. The van der Waals surface area contributed by atoms with Crippen LogP contribution in [0.4, 0.5) is 5.13 Å². The number of Topliss-reactive ketones (excluding diaryl/α,β-unsaturated/α-hetero) is 1. The Morgan fingerprint density at radius 1 is 0.978 bits per heavy atom. The van der Waals surface area contributed by atoms with E-state index in [-0.39, 0.29) is 11.3 Å². The first-order chi connectivity index (χ1) is 21.8. The van der Waals surface area contributed by atoms with Crippen molar-refractivity contribution in [2.45, 2.75) is 53.0 Å². The number of hydrogen-bond donors (Lipinski definition) is 1. The second-order valence-corrected chi connectivity index (χ2v) is 12.2. The highest BCUT2D eigenvalue weighted by atomic mass is 32.1.